The van der Waals surface area contributed by atoms with Crippen LogP contribution in [0, 0.1) is 0 Å². The normalized spacial score (nSPS) is 12.9. The first-order valence-corrected chi connectivity index (χ1v) is 6.76. The van der Waals surface area contributed by atoms with Crippen LogP contribution < -0.4 is 10.6 Å². The van der Waals surface area contributed by atoms with Crippen molar-refractivity contribution in [1.29, 1.82) is 0 Å². The van der Waals surface area contributed by atoms with Crippen molar-refractivity contribution >= 4 is 69.6 Å². The van der Waals surface area contributed by atoms with Crippen molar-refractivity contribution in [3.63, 3.8) is 0 Å². The third-order valence-corrected chi connectivity index (χ3v) is 3.19. The zero-order valence-electron chi connectivity index (χ0n) is 9.19. The van der Waals surface area contributed by atoms with Crippen LogP contribution in [0.1, 0.15) is 0 Å². The van der Waals surface area contributed by atoms with Crippen LogP contribution in [0.5, 0.6) is 0 Å². The molecular weight excluding hydrogens is 360 g/mol. The number of hydrogen-bond acceptors (Lipinski definition) is 2. The SMILES string of the molecule is O=C(CF)N[C@@H](Nc1ccc(Cl)cc1Cl)C(Cl)(Cl)Cl. The maximum atomic E-state index is 12.2. The van der Waals surface area contributed by atoms with Crippen LogP contribution in [0.2, 0.25) is 10.0 Å². The molecule has 0 aliphatic heterocycles. The fraction of sp³-hybridized carbons (Fsp3) is 0.300. The van der Waals surface area contributed by atoms with Gasteiger partial charge in [0.05, 0.1) is 10.7 Å². The first-order valence-electron chi connectivity index (χ1n) is 4.87. The molecule has 0 unspecified atom stereocenters. The summed E-state index contributed by atoms with van der Waals surface area (Å²) < 4.78 is 10.3. The van der Waals surface area contributed by atoms with Gasteiger partial charge in [0.15, 0.2) is 6.67 Å². The Morgan fingerprint density at radius 1 is 1.32 bits per heavy atom. The van der Waals surface area contributed by atoms with Crippen LogP contribution in [0.15, 0.2) is 18.2 Å². The summed E-state index contributed by atoms with van der Waals surface area (Å²) in [6, 6.07) is 4.57. The highest BCUT2D eigenvalue weighted by Crippen LogP contribution is 2.33. The molecule has 0 spiro atoms. The zero-order chi connectivity index (χ0) is 14.6. The molecule has 3 nitrogen and oxygen atoms in total. The molecule has 1 amide bonds. The zero-order valence-corrected chi connectivity index (χ0v) is 13.0. The Kier molecular flexibility index (Phi) is 6.27. The van der Waals surface area contributed by atoms with E-state index in [1.807, 2.05) is 0 Å². The van der Waals surface area contributed by atoms with Crippen LogP contribution in [-0.4, -0.2) is 22.5 Å². The predicted octanol–water partition coefficient (Wildman–Crippen LogP) is 4.19. The molecule has 1 rings (SSSR count). The van der Waals surface area contributed by atoms with E-state index >= 15 is 0 Å². The molecule has 19 heavy (non-hydrogen) atoms. The number of carbonyl (C=O) groups is 1. The summed E-state index contributed by atoms with van der Waals surface area (Å²) in [4.78, 5) is 11.0. The maximum Gasteiger partial charge on any atom is 0.253 e. The highest BCUT2D eigenvalue weighted by atomic mass is 35.6. The smallest absolute Gasteiger partial charge is 0.253 e. The van der Waals surface area contributed by atoms with Crippen molar-refractivity contribution in [1.82, 2.24) is 5.32 Å². The molecule has 0 heterocycles. The van der Waals surface area contributed by atoms with E-state index in [9.17, 15) is 9.18 Å². The van der Waals surface area contributed by atoms with Crippen molar-refractivity contribution in [2.45, 2.75) is 9.96 Å². The fourth-order valence-corrected chi connectivity index (χ4v) is 1.95. The Balaban J connectivity index is 2.91. The third-order valence-electron chi connectivity index (χ3n) is 1.98. The van der Waals surface area contributed by atoms with Gasteiger partial charge in [-0.2, -0.15) is 0 Å². The Hall–Kier alpha value is -0.130. The van der Waals surface area contributed by atoms with E-state index in [0.717, 1.165) is 0 Å². The number of amides is 1. The van der Waals surface area contributed by atoms with E-state index in [1.165, 1.54) is 12.1 Å². The lowest BCUT2D eigenvalue weighted by Crippen LogP contribution is -2.49. The first-order chi connectivity index (χ1) is 8.74. The summed E-state index contributed by atoms with van der Waals surface area (Å²) in [5, 5.41) is 5.57. The van der Waals surface area contributed by atoms with E-state index in [1.54, 1.807) is 6.07 Å². The molecule has 0 fully saturated rings. The molecule has 0 radical (unpaired) electrons. The highest BCUT2D eigenvalue weighted by molar-refractivity contribution is 6.68. The minimum Gasteiger partial charge on any atom is -0.361 e. The molecule has 0 saturated heterocycles. The van der Waals surface area contributed by atoms with Gasteiger partial charge in [-0.25, -0.2) is 4.39 Å². The highest BCUT2D eigenvalue weighted by Gasteiger charge is 2.34. The Bertz CT molecular complexity index is 466. The molecule has 9 heteroatoms. The van der Waals surface area contributed by atoms with Gasteiger partial charge in [0, 0.05) is 5.02 Å². The summed E-state index contributed by atoms with van der Waals surface area (Å²) in [6.45, 7) is -1.23. The van der Waals surface area contributed by atoms with Gasteiger partial charge in [-0.05, 0) is 18.2 Å². The fourth-order valence-electron chi connectivity index (χ4n) is 1.16. The summed E-state index contributed by atoms with van der Waals surface area (Å²) in [7, 11) is 0. The average molecular weight is 368 g/mol. The van der Waals surface area contributed by atoms with E-state index in [4.69, 9.17) is 58.0 Å². The minimum absolute atomic E-state index is 0.265. The second kappa shape index (κ2) is 7.04. The van der Waals surface area contributed by atoms with Crippen LogP contribution in [0.3, 0.4) is 0 Å². The van der Waals surface area contributed by atoms with Gasteiger partial charge in [-0.15, -0.1) is 0 Å². The summed E-state index contributed by atoms with van der Waals surface area (Å²) in [5.41, 5.74) is 0.376. The number of benzene rings is 1. The largest absolute Gasteiger partial charge is 0.361 e. The molecule has 0 aromatic heterocycles. The quantitative estimate of drug-likeness (QED) is 0.618. The molecule has 0 aliphatic rings. The monoisotopic (exact) mass is 366 g/mol. The lowest BCUT2D eigenvalue weighted by Gasteiger charge is -2.27. The lowest BCUT2D eigenvalue weighted by atomic mass is 10.3. The van der Waals surface area contributed by atoms with Crippen LogP contribution >= 0.6 is 58.0 Å². The number of alkyl halides is 4. The van der Waals surface area contributed by atoms with Gasteiger partial charge < -0.3 is 10.6 Å². The number of anilines is 1. The topological polar surface area (TPSA) is 41.1 Å². The second-order valence-corrected chi connectivity index (χ2v) is 6.66. The van der Waals surface area contributed by atoms with Crippen molar-refractivity contribution < 1.29 is 9.18 Å². The number of halogens is 6. The van der Waals surface area contributed by atoms with Crippen molar-refractivity contribution in [2.24, 2.45) is 0 Å². The van der Waals surface area contributed by atoms with E-state index in [-0.39, 0.29) is 5.02 Å². The van der Waals surface area contributed by atoms with Gasteiger partial charge in [0.1, 0.15) is 6.17 Å². The van der Waals surface area contributed by atoms with Gasteiger partial charge in [-0.3, -0.25) is 4.79 Å². The number of rotatable bonds is 4. The van der Waals surface area contributed by atoms with Crippen LogP contribution in [-0.2, 0) is 4.79 Å². The summed E-state index contributed by atoms with van der Waals surface area (Å²) in [5.74, 6) is -0.922. The average Bonchev–Trinajstić information content (AvgIpc) is 2.29. The van der Waals surface area contributed by atoms with Gasteiger partial charge in [0.2, 0.25) is 3.79 Å². The number of nitrogens with one attached hydrogen (secondary N) is 2. The van der Waals surface area contributed by atoms with Crippen molar-refractivity contribution in [3.8, 4) is 0 Å². The molecule has 0 bridgehead atoms. The molecule has 1 aromatic rings. The van der Waals surface area contributed by atoms with Gasteiger partial charge in [0.25, 0.3) is 5.91 Å². The van der Waals surface area contributed by atoms with Gasteiger partial charge >= 0.3 is 0 Å². The Morgan fingerprint density at radius 3 is 2.42 bits per heavy atom. The van der Waals surface area contributed by atoms with E-state index < -0.39 is 22.5 Å². The van der Waals surface area contributed by atoms with Crippen LogP contribution in [0.25, 0.3) is 0 Å². The molecule has 106 valence electrons. The molecule has 2 N–H and O–H groups in total. The second-order valence-electron chi connectivity index (χ2n) is 3.44. The molecule has 1 atom stereocenters. The number of hydrogen-bond donors (Lipinski definition) is 2. The molecular formula is C10H8Cl5FN2O. The maximum absolute atomic E-state index is 12.2. The lowest BCUT2D eigenvalue weighted by molar-refractivity contribution is -0.122. The van der Waals surface area contributed by atoms with Crippen molar-refractivity contribution in [2.75, 3.05) is 12.0 Å². The molecule has 1 aromatic carbocycles. The van der Waals surface area contributed by atoms with Crippen molar-refractivity contribution in [3.05, 3.63) is 28.2 Å². The van der Waals surface area contributed by atoms with E-state index in [0.29, 0.717) is 10.7 Å². The van der Waals surface area contributed by atoms with Gasteiger partial charge in [-0.1, -0.05) is 58.0 Å². The minimum atomic E-state index is -1.90. The molecule has 0 aliphatic carbocycles. The Labute approximate surface area is 134 Å². The summed E-state index contributed by atoms with van der Waals surface area (Å²) >= 11 is 28.8. The third kappa shape index (κ3) is 5.40. The Morgan fingerprint density at radius 2 is 1.95 bits per heavy atom. The summed E-state index contributed by atoms with van der Waals surface area (Å²) in [6.07, 6.45) is -1.15. The van der Waals surface area contributed by atoms with E-state index in [2.05, 4.69) is 10.6 Å². The standard InChI is InChI=1S/C10H8Cl5FN2O/c11-5-1-2-7(6(12)3-5)17-9(10(13,14)15)18-8(19)4-16/h1-3,9,17H,4H2,(H,18,19)/t9-/m1/s1. The molecule has 0 saturated carbocycles. The predicted molar refractivity (Wildman–Crippen MR) is 78.3 cm³/mol. The number of carbonyl (C=O) groups excluding carboxylic acids is 1. The first kappa shape index (κ1) is 16.9. The van der Waals surface area contributed by atoms with Crippen LogP contribution in [0.4, 0.5) is 10.1 Å².